The van der Waals surface area contributed by atoms with Crippen LogP contribution in [0.3, 0.4) is 0 Å². The summed E-state index contributed by atoms with van der Waals surface area (Å²) in [5.41, 5.74) is 4.95. The van der Waals surface area contributed by atoms with E-state index in [2.05, 4.69) is 72.3 Å². The van der Waals surface area contributed by atoms with Crippen LogP contribution in [-0.4, -0.2) is 49.6 Å². The van der Waals surface area contributed by atoms with Gasteiger partial charge in [0, 0.05) is 25.0 Å². The van der Waals surface area contributed by atoms with Gasteiger partial charge in [-0.15, -0.1) is 0 Å². The van der Waals surface area contributed by atoms with Gasteiger partial charge in [0.1, 0.15) is 5.75 Å². The molecule has 3 nitrogen and oxygen atoms in total. The van der Waals surface area contributed by atoms with Crippen LogP contribution in [0.15, 0.2) is 48.5 Å². The van der Waals surface area contributed by atoms with Crippen LogP contribution < -0.4 is 4.74 Å². The number of aryl methyl sites for hydroxylation is 1. The molecule has 0 amide bonds. The maximum Gasteiger partial charge on any atom is 0.119 e. The van der Waals surface area contributed by atoms with Crippen LogP contribution in [-0.2, 0) is 12.0 Å². The predicted octanol–water partition coefficient (Wildman–Crippen LogP) is 6.05. The van der Waals surface area contributed by atoms with Gasteiger partial charge < -0.3 is 14.5 Å². The largest absolute Gasteiger partial charge is 0.494 e. The summed E-state index contributed by atoms with van der Waals surface area (Å²) in [6.07, 6.45) is 9.51. The first kappa shape index (κ1) is 22.9. The standard InChI is InChI=1S/C30H42N2O/c1-24-12-14-28(15-13-24)33-21-7-18-32-19-16-27(17-20-32)30(26-9-4-5-10-26)23-31(2)22-25-8-3-6-11-29(25)30/h3,6,8,11-15,26-27H,4-5,7,9-10,16-23H2,1-2H3. The number of nitrogens with zero attached hydrogens (tertiary/aromatic N) is 2. The topological polar surface area (TPSA) is 15.7 Å². The molecule has 0 N–H and O–H groups in total. The Bertz CT molecular complexity index is 896. The second kappa shape index (κ2) is 10.2. The fraction of sp³-hybridized carbons (Fsp3) is 0.600. The Morgan fingerprint density at radius 3 is 2.36 bits per heavy atom. The molecule has 5 rings (SSSR count). The smallest absolute Gasteiger partial charge is 0.119 e. The summed E-state index contributed by atoms with van der Waals surface area (Å²) in [6, 6.07) is 17.9. The Hall–Kier alpha value is -1.84. The van der Waals surface area contributed by atoms with Crippen LogP contribution in [0.5, 0.6) is 5.75 Å². The van der Waals surface area contributed by atoms with Gasteiger partial charge in [0.2, 0.25) is 0 Å². The fourth-order valence-electron chi connectivity index (χ4n) is 7.25. The van der Waals surface area contributed by atoms with Crippen LogP contribution >= 0.6 is 0 Å². The molecule has 1 unspecified atom stereocenters. The molecule has 2 heterocycles. The third-order valence-electron chi connectivity index (χ3n) is 8.80. The number of hydrogen-bond donors (Lipinski definition) is 0. The zero-order valence-electron chi connectivity index (χ0n) is 20.8. The monoisotopic (exact) mass is 446 g/mol. The number of rotatable bonds is 7. The molecule has 178 valence electrons. The SMILES string of the molecule is Cc1ccc(OCCCN2CCC(C3(C4CCCC4)CN(C)Cc4ccccc43)CC2)cc1. The highest BCUT2D eigenvalue weighted by atomic mass is 16.5. The van der Waals surface area contributed by atoms with E-state index in [9.17, 15) is 0 Å². The summed E-state index contributed by atoms with van der Waals surface area (Å²) in [5, 5.41) is 0. The molecule has 2 aliphatic heterocycles. The molecule has 1 aliphatic carbocycles. The number of ether oxygens (including phenoxy) is 1. The lowest BCUT2D eigenvalue weighted by Gasteiger charge is -2.53. The van der Waals surface area contributed by atoms with Crippen LogP contribution in [0.25, 0.3) is 0 Å². The Morgan fingerprint density at radius 1 is 0.909 bits per heavy atom. The minimum absolute atomic E-state index is 0.362. The van der Waals surface area contributed by atoms with Crippen LogP contribution in [0.4, 0.5) is 0 Å². The first-order valence-corrected chi connectivity index (χ1v) is 13.3. The molecule has 1 saturated carbocycles. The number of likely N-dealkylation sites (N-methyl/N-ethyl adjacent to an activating group) is 1. The van der Waals surface area contributed by atoms with Crippen molar-refractivity contribution in [2.75, 3.05) is 39.8 Å². The first-order valence-electron chi connectivity index (χ1n) is 13.3. The highest BCUT2D eigenvalue weighted by Crippen LogP contribution is 2.53. The number of hydrogen-bond acceptors (Lipinski definition) is 3. The van der Waals surface area contributed by atoms with E-state index in [1.165, 1.54) is 63.7 Å². The highest BCUT2D eigenvalue weighted by molar-refractivity contribution is 5.39. The van der Waals surface area contributed by atoms with Gasteiger partial charge in [0.15, 0.2) is 0 Å². The van der Waals surface area contributed by atoms with Gasteiger partial charge in [-0.25, -0.2) is 0 Å². The van der Waals surface area contributed by atoms with E-state index in [1.807, 2.05) is 0 Å². The molecule has 2 aromatic rings. The summed E-state index contributed by atoms with van der Waals surface area (Å²) in [5.74, 6) is 2.67. The molecule has 0 spiro atoms. The minimum Gasteiger partial charge on any atom is -0.494 e. The molecule has 1 atom stereocenters. The summed E-state index contributed by atoms with van der Waals surface area (Å²) < 4.78 is 5.97. The minimum atomic E-state index is 0.362. The number of benzene rings is 2. The Labute approximate surface area is 201 Å². The van der Waals surface area contributed by atoms with Crippen molar-refractivity contribution in [1.82, 2.24) is 9.80 Å². The second-order valence-corrected chi connectivity index (χ2v) is 11.0. The summed E-state index contributed by atoms with van der Waals surface area (Å²) in [6.45, 7) is 8.95. The van der Waals surface area contributed by atoms with Gasteiger partial charge in [-0.1, -0.05) is 54.8 Å². The second-order valence-electron chi connectivity index (χ2n) is 11.0. The lowest BCUT2D eigenvalue weighted by Crippen LogP contribution is -2.55. The zero-order valence-corrected chi connectivity index (χ0v) is 20.8. The van der Waals surface area contributed by atoms with E-state index in [0.717, 1.165) is 43.7 Å². The fourth-order valence-corrected chi connectivity index (χ4v) is 7.25. The molecular formula is C30H42N2O. The highest BCUT2D eigenvalue weighted by Gasteiger charge is 2.50. The lowest BCUT2D eigenvalue weighted by molar-refractivity contribution is 0.0460. The van der Waals surface area contributed by atoms with E-state index in [0.29, 0.717) is 5.41 Å². The summed E-state index contributed by atoms with van der Waals surface area (Å²) in [4.78, 5) is 5.31. The van der Waals surface area contributed by atoms with Crippen molar-refractivity contribution in [3.05, 3.63) is 65.2 Å². The average molecular weight is 447 g/mol. The average Bonchev–Trinajstić information content (AvgIpc) is 3.38. The number of piperidine rings is 1. The molecule has 33 heavy (non-hydrogen) atoms. The molecule has 0 bridgehead atoms. The normalized spacial score (nSPS) is 25.3. The van der Waals surface area contributed by atoms with Crippen molar-refractivity contribution in [2.45, 2.75) is 63.8 Å². The molecule has 3 heteroatoms. The Morgan fingerprint density at radius 2 is 1.61 bits per heavy atom. The molecular weight excluding hydrogens is 404 g/mol. The van der Waals surface area contributed by atoms with Crippen molar-refractivity contribution >= 4 is 0 Å². The van der Waals surface area contributed by atoms with Crippen LogP contribution in [0, 0.1) is 18.8 Å². The maximum atomic E-state index is 5.97. The quantitative estimate of drug-likeness (QED) is 0.482. The van der Waals surface area contributed by atoms with Gasteiger partial charge in [-0.3, -0.25) is 0 Å². The van der Waals surface area contributed by atoms with E-state index < -0.39 is 0 Å². The van der Waals surface area contributed by atoms with Crippen LogP contribution in [0.2, 0.25) is 0 Å². The van der Waals surface area contributed by atoms with Gasteiger partial charge >= 0.3 is 0 Å². The first-order chi connectivity index (χ1) is 16.1. The van der Waals surface area contributed by atoms with Gasteiger partial charge in [0.25, 0.3) is 0 Å². The molecule has 1 saturated heterocycles. The van der Waals surface area contributed by atoms with Crippen LogP contribution in [0.1, 0.15) is 61.6 Å². The zero-order chi connectivity index (χ0) is 22.7. The molecule has 2 fully saturated rings. The van der Waals surface area contributed by atoms with E-state index >= 15 is 0 Å². The van der Waals surface area contributed by atoms with E-state index in [1.54, 1.807) is 11.1 Å². The molecule has 0 radical (unpaired) electrons. The molecule has 0 aromatic heterocycles. The van der Waals surface area contributed by atoms with Crippen molar-refractivity contribution < 1.29 is 4.74 Å². The van der Waals surface area contributed by atoms with Crippen molar-refractivity contribution in [3.8, 4) is 5.75 Å². The Balaban J connectivity index is 1.21. The van der Waals surface area contributed by atoms with Gasteiger partial charge in [0.05, 0.1) is 6.61 Å². The third-order valence-corrected chi connectivity index (χ3v) is 8.80. The number of fused-ring (bicyclic) bond motifs is 1. The van der Waals surface area contributed by atoms with E-state index in [4.69, 9.17) is 4.74 Å². The van der Waals surface area contributed by atoms with Gasteiger partial charge in [-0.2, -0.15) is 0 Å². The number of likely N-dealkylation sites (tertiary alicyclic amines) is 1. The Kier molecular flexibility index (Phi) is 7.08. The van der Waals surface area contributed by atoms with Crippen molar-refractivity contribution in [2.24, 2.45) is 11.8 Å². The molecule has 3 aliphatic rings. The van der Waals surface area contributed by atoms with Crippen molar-refractivity contribution in [3.63, 3.8) is 0 Å². The predicted molar refractivity (Wildman–Crippen MR) is 137 cm³/mol. The maximum absolute atomic E-state index is 5.97. The molecule has 2 aromatic carbocycles. The summed E-state index contributed by atoms with van der Waals surface area (Å²) in [7, 11) is 2.35. The van der Waals surface area contributed by atoms with E-state index in [-0.39, 0.29) is 0 Å². The van der Waals surface area contributed by atoms with Crippen molar-refractivity contribution in [1.29, 1.82) is 0 Å². The van der Waals surface area contributed by atoms with Gasteiger partial charge in [-0.05, 0) is 94.3 Å². The summed E-state index contributed by atoms with van der Waals surface area (Å²) >= 11 is 0. The lowest BCUT2D eigenvalue weighted by atomic mass is 9.57. The third kappa shape index (κ3) is 4.86.